The van der Waals surface area contributed by atoms with E-state index in [4.69, 9.17) is 21.1 Å². The summed E-state index contributed by atoms with van der Waals surface area (Å²) in [7, 11) is 0. The van der Waals surface area contributed by atoms with E-state index in [-0.39, 0.29) is 30.9 Å². The number of nitrogens with zero attached hydrogens (tertiary/aromatic N) is 1. The Morgan fingerprint density at radius 3 is 2.54 bits per heavy atom. The summed E-state index contributed by atoms with van der Waals surface area (Å²) in [5, 5.41) is 15.7. The zero-order chi connectivity index (χ0) is 27.9. The number of fused-ring (bicyclic) bond motifs is 1. The van der Waals surface area contributed by atoms with Crippen molar-refractivity contribution in [1.29, 1.82) is 0 Å². The maximum Gasteiger partial charge on any atom is 0.250 e. The Balaban J connectivity index is 1.48. The molecule has 10 heteroatoms. The van der Waals surface area contributed by atoms with Crippen LogP contribution in [0.1, 0.15) is 33.6 Å². The molecule has 3 fully saturated rings. The van der Waals surface area contributed by atoms with Crippen molar-refractivity contribution in [3.05, 3.63) is 53.6 Å². The lowest BCUT2D eigenvalue weighted by Crippen LogP contribution is -2.54. The molecule has 39 heavy (non-hydrogen) atoms. The van der Waals surface area contributed by atoms with Crippen molar-refractivity contribution in [1.82, 2.24) is 4.90 Å². The number of benzene rings is 2. The van der Waals surface area contributed by atoms with Crippen molar-refractivity contribution in [3.63, 3.8) is 0 Å². The Morgan fingerprint density at radius 1 is 1.15 bits per heavy atom. The van der Waals surface area contributed by atoms with Crippen LogP contribution < -0.4 is 15.4 Å². The summed E-state index contributed by atoms with van der Waals surface area (Å²) >= 11 is 6.31. The minimum atomic E-state index is -1.19. The monoisotopic (exact) mass is 555 g/mol. The average Bonchev–Trinajstić information content (AvgIpc) is 3.42. The molecule has 2 aromatic carbocycles. The van der Waals surface area contributed by atoms with Crippen molar-refractivity contribution in [2.45, 2.75) is 50.9 Å². The first-order valence-corrected chi connectivity index (χ1v) is 13.7. The fourth-order valence-electron chi connectivity index (χ4n) is 6.71. The highest BCUT2D eigenvalue weighted by atomic mass is 35.5. The zero-order valence-corrected chi connectivity index (χ0v) is 23.0. The summed E-state index contributed by atoms with van der Waals surface area (Å²) in [6.07, 6.45) is 0.739. The summed E-state index contributed by atoms with van der Waals surface area (Å²) in [6, 6.07) is 12.9. The van der Waals surface area contributed by atoms with E-state index in [1.807, 2.05) is 20.8 Å². The minimum absolute atomic E-state index is 0.0916. The maximum absolute atomic E-state index is 14.0. The van der Waals surface area contributed by atoms with Crippen molar-refractivity contribution >= 4 is 40.7 Å². The lowest BCUT2D eigenvalue weighted by molar-refractivity contribution is -0.144. The summed E-state index contributed by atoms with van der Waals surface area (Å²) in [6.45, 7) is 6.30. The number of ether oxygens (including phenoxy) is 2. The fraction of sp³-hybridized carbons (Fsp3) is 0.483. The van der Waals surface area contributed by atoms with Gasteiger partial charge in [0.1, 0.15) is 17.4 Å². The average molecular weight is 556 g/mol. The van der Waals surface area contributed by atoms with Gasteiger partial charge >= 0.3 is 0 Å². The van der Waals surface area contributed by atoms with Crippen LogP contribution in [0.15, 0.2) is 48.5 Å². The van der Waals surface area contributed by atoms with E-state index in [0.717, 1.165) is 0 Å². The van der Waals surface area contributed by atoms with Gasteiger partial charge in [0.05, 0.1) is 34.8 Å². The zero-order valence-electron chi connectivity index (χ0n) is 22.3. The molecule has 3 N–H and O–H groups in total. The predicted molar refractivity (Wildman–Crippen MR) is 147 cm³/mol. The number of halogens is 1. The van der Waals surface area contributed by atoms with E-state index in [9.17, 15) is 19.5 Å². The number of aliphatic hydroxyl groups excluding tert-OH is 1. The third kappa shape index (κ3) is 4.46. The molecule has 208 valence electrons. The molecular weight excluding hydrogens is 522 g/mol. The van der Waals surface area contributed by atoms with Gasteiger partial charge in [0, 0.05) is 18.8 Å². The third-order valence-electron chi connectivity index (χ3n) is 8.47. The summed E-state index contributed by atoms with van der Waals surface area (Å²) in [4.78, 5) is 43.2. The van der Waals surface area contributed by atoms with Crippen molar-refractivity contribution in [2.75, 3.05) is 30.4 Å². The van der Waals surface area contributed by atoms with Crippen molar-refractivity contribution < 1.29 is 29.0 Å². The maximum atomic E-state index is 14.0. The normalized spacial score (nSPS) is 30.8. The van der Waals surface area contributed by atoms with Crippen LogP contribution in [0.25, 0.3) is 0 Å². The molecular formula is C29H34ClN3O6. The Labute approximate surface area is 232 Å². The number of likely N-dealkylation sites (tertiary alicyclic amines) is 1. The molecule has 3 amide bonds. The second kappa shape index (κ2) is 10.4. The van der Waals surface area contributed by atoms with E-state index in [0.29, 0.717) is 41.6 Å². The van der Waals surface area contributed by atoms with Gasteiger partial charge in [0.15, 0.2) is 0 Å². The molecule has 3 saturated heterocycles. The summed E-state index contributed by atoms with van der Waals surface area (Å²) < 4.78 is 12.2. The highest BCUT2D eigenvalue weighted by Crippen LogP contribution is 2.65. The van der Waals surface area contributed by atoms with Gasteiger partial charge in [0.25, 0.3) is 0 Å². The van der Waals surface area contributed by atoms with Crippen LogP contribution in [-0.2, 0) is 19.1 Å². The first-order chi connectivity index (χ1) is 18.7. The Hall–Kier alpha value is -3.14. The number of nitrogens with one attached hydrogen (secondary N) is 2. The first kappa shape index (κ1) is 27.4. The number of anilines is 2. The second-order valence-electron chi connectivity index (χ2n) is 10.7. The van der Waals surface area contributed by atoms with E-state index < -0.39 is 35.0 Å². The van der Waals surface area contributed by atoms with Gasteiger partial charge in [-0.2, -0.15) is 0 Å². The number of carbonyl (C=O) groups is 3. The number of para-hydroxylation sites is 1. The molecule has 3 heterocycles. The molecule has 0 radical (unpaired) electrons. The molecule has 3 aliphatic rings. The van der Waals surface area contributed by atoms with Gasteiger partial charge in [-0.1, -0.05) is 30.7 Å². The lowest BCUT2D eigenvalue weighted by atomic mass is 9.62. The highest BCUT2D eigenvalue weighted by Gasteiger charge is 2.79. The molecule has 0 aromatic heterocycles. The van der Waals surface area contributed by atoms with Crippen LogP contribution in [0, 0.1) is 17.8 Å². The Bertz CT molecular complexity index is 1270. The number of hydrogen-bond acceptors (Lipinski definition) is 6. The van der Waals surface area contributed by atoms with Crippen molar-refractivity contribution in [2.24, 2.45) is 17.8 Å². The van der Waals surface area contributed by atoms with Crippen LogP contribution in [0.5, 0.6) is 5.75 Å². The van der Waals surface area contributed by atoms with Crippen LogP contribution in [-0.4, -0.2) is 64.7 Å². The van der Waals surface area contributed by atoms with Crippen LogP contribution >= 0.6 is 11.6 Å². The van der Waals surface area contributed by atoms with Crippen LogP contribution in [0.2, 0.25) is 5.02 Å². The van der Waals surface area contributed by atoms with Gasteiger partial charge in [0.2, 0.25) is 17.7 Å². The van der Waals surface area contributed by atoms with E-state index in [1.54, 1.807) is 48.5 Å². The second-order valence-corrected chi connectivity index (χ2v) is 11.1. The lowest BCUT2D eigenvalue weighted by Gasteiger charge is -2.36. The number of amides is 3. The smallest absolute Gasteiger partial charge is 0.250 e. The molecule has 1 spiro atoms. The predicted octanol–water partition coefficient (Wildman–Crippen LogP) is 3.71. The van der Waals surface area contributed by atoms with Crippen LogP contribution in [0.3, 0.4) is 0 Å². The van der Waals surface area contributed by atoms with Gasteiger partial charge in [-0.3, -0.25) is 14.4 Å². The van der Waals surface area contributed by atoms with E-state index in [1.165, 1.54) is 4.90 Å². The molecule has 2 bridgehead atoms. The Kier molecular flexibility index (Phi) is 7.35. The number of carbonyl (C=O) groups excluding carboxylic acids is 3. The molecule has 6 atom stereocenters. The van der Waals surface area contributed by atoms with Crippen molar-refractivity contribution in [3.8, 4) is 5.75 Å². The molecule has 9 nitrogen and oxygen atoms in total. The summed E-state index contributed by atoms with van der Waals surface area (Å²) in [5.74, 6) is -2.13. The quantitative estimate of drug-likeness (QED) is 0.434. The molecule has 0 saturated carbocycles. The fourth-order valence-corrected chi connectivity index (χ4v) is 6.89. The molecule has 3 aliphatic heterocycles. The standard InChI is InChI=1S/C29H34ClN3O6/c1-4-38-19-12-10-18(11-13-19)31-25(35)22-23-27(37)33(14-7-15-34)24(29(23)16-17(2)28(22,3)39-29)26(36)32-21-9-6-5-8-20(21)30/h5-6,8-13,17,22-24,34H,4,7,14-16H2,1-3H3,(H,31,35)(H,32,36)/t17?,22-,23-,24?,28+,29?/m0/s1. The largest absolute Gasteiger partial charge is 0.494 e. The molecule has 2 aromatic rings. The number of hydrogen-bond donors (Lipinski definition) is 3. The molecule has 0 aliphatic carbocycles. The van der Waals surface area contributed by atoms with Gasteiger partial charge in [-0.15, -0.1) is 0 Å². The number of aliphatic hydroxyl groups is 1. The van der Waals surface area contributed by atoms with Gasteiger partial charge in [-0.25, -0.2) is 0 Å². The third-order valence-corrected chi connectivity index (χ3v) is 8.80. The summed E-state index contributed by atoms with van der Waals surface area (Å²) in [5.41, 5.74) is -1.13. The van der Waals surface area contributed by atoms with Gasteiger partial charge < -0.3 is 30.1 Å². The van der Waals surface area contributed by atoms with E-state index >= 15 is 0 Å². The molecule has 5 rings (SSSR count). The highest BCUT2D eigenvalue weighted by molar-refractivity contribution is 6.33. The minimum Gasteiger partial charge on any atom is -0.494 e. The Morgan fingerprint density at radius 2 is 1.87 bits per heavy atom. The first-order valence-electron chi connectivity index (χ1n) is 13.4. The molecule has 3 unspecified atom stereocenters. The van der Waals surface area contributed by atoms with Gasteiger partial charge in [-0.05, 0) is 69.0 Å². The SMILES string of the molecule is CCOc1ccc(NC(=O)[C@@H]2[C@H]3C(=O)N(CCCO)C(C(=O)Nc4ccccc4Cl)C34CC(C)[C@@]2(C)O4)cc1. The number of rotatable bonds is 9. The van der Waals surface area contributed by atoms with E-state index in [2.05, 4.69) is 10.6 Å². The topological polar surface area (TPSA) is 117 Å². The van der Waals surface area contributed by atoms with Crippen LogP contribution in [0.4, 0.5) is 11.4 Å².